The average molecular weight is 454 g/mol. The molecule has 1 heterocycles. The zero-order chi connectivity index (χ0) is 24.0. The van der Waals surface area contributed by atoms with Crippen LogP contribution in [-0.4, -0.2) is 49.0 Å². The third-order valence-electron chi connectivity index (χ3n) is 5.71. The number of methoxy groups -OCH3 is 2. The van der Waals surface area contributed by atoms with Gasteiger partial charge in [-0.25, -0.2) is 4.79 Å². The number of nitrogens with one attached hydrogen (secondary N) is 2. The molecule has 2 aromatic rings. The molecule has 0 spiro atoms. The maximum atomic E-state index is 13.1. The summed E-state index contributed by atoms with van der Waals surface area (Å²) in [6, 6.07) is 12.3. The smallest absolute Gasteiger partial charge is 0.325 e. The van der Waals surface area contributed by atoms with E-state index in [1.54, 1.807) is 26.2 Å². The van der Waals surface area contributed by atoms with E-state index in [0.717, 1.165) is 29.7 Å². The molecule has 2 N–H and O–H groups in total. The van der Waals surface area contributed by atoms with Crippen molar-refractivity contribution >= 4 is 23.5 Å². The number of nitrogens with zero attached hydrogens (tertiary/aromatic N) is 1. The van der Waals surface area contributed by atoms with E-state index in [2.05, 4.69) is 17.6 Å². The highest BCUT2D eigenvalue weighted by atomic mass is 16.5. The molecule has 1 fully saturated rings. The Labute approximate surface area is 194 Å². The van der Waals surface area contributed by atoms with Crippen LogP contribution in [0.2, 0.25) is 0 Å². The zero-order valence-electron chi connectivity index (χ0n) is 19.6. The van der Waals surface area contributed by atoms with Gasteiger partial charge in [-0.05, 0) is 55.2 Å². The molecule has 0 radical (unpaired) electrons. The molecule has 8 heteroatoms. The summed E-state index contributed by atoms with van der Waals surface area (Å²) >= 11 is 0. The second-order valence-corrected chi connectivity index (χ2v) is 8.37. The molecule has 0 unspecified atom stereocenters. The van der Waals surface area contributed by atoms with E-state index in [1.165, 1.54) is 12.7 Å². The molecule has 4 amide bonds. The molecule has 176 valence electrons. The first kappa shape index (κ1) is 24.1. The van der Waals surface area contributed by atoms with Crippen molar-refractivity contribution in [2.45, 2.75) is 45.1 Å². The number of anilines is 1. The number of imide groups is 1. The highest BCUT2D eigenvalue weighted by Crippen LogP contribution is 2.30. The lowest BCUT2D eigenvalue weighted by Gasteiger charge is -2.22. The number of hydrogen-bond donors (Lipinski definition) is 2. The van der Waals surface area contributed by atoms with Crippen molar-refractivity contribution in [1.82, 2.24) is 10.2 Å². The lowest BCUT2D eigenvalue weighted by atomic mass is 9.92. The van der Waals surface area contributed by atoms with Crippen LogP contribution in [0.1, 0.15) is 37.8 Å². The summed E-state index contributed by atoms with van der Waals surface area (Å²) in [4.78, 5) is 39.1. The van der Waals surface area contributed by atoms with Gasteiger partial charge >= 0.3 is 6.03 Å². The Hall–Kier alpha value is -3.55. The molecule has 3 rings (SSSR count). The number of ether oxygens (including phenoxy) is 2. The van der Waals surface area contributed by atoms with Crippen LogP contribution in [0.3, 0.4) is 0 Å². The van der Waals surface area contributed by atoms with Crippen molar-refractivity contribution in [3.63, 3.8) is 0 Å². The first-order valence-corrected chi connectivity index (χ1v) is 11.0. The number of amides is 4. The van der Waals surface area contributed by atoms with Crippen molar-refractivity contribution in [2.75, 3.05) is 26.1 Å². The minimum Gasteiger partial charge on any atom is -0.493 e. The van der Waals surface area contributed by atoms with Crippen molar-refractivity contribution in [2.24, 2.45) is 0 Å². The Morgan fingerprint density at radius 1 is 1.03 bits per heavy atom. The van der Waals surface area contributed by atoms with Gasteiger partial charge in [0, 0.05) is 12.1 Å². The van der Waals surface area contributed by atoms with E-state index in [0.29, 0.717) is 17.2 Å². The van der Waals surface area contributed by atoms with Crippen molar-refractivity contribution in [3.05, 3.63) is 53.6 Å². The number of benzene rings is 2. The van der Waals surface area contributed by atoms with Crippen LogP contribution < -0.4 is 20.1 Å². The van der Waals surface area contributed by atoms with Gasteiger partial charge in [0.05, 0.1) is 14.2 Å². The van der Waals surface area contributed by atoms with E-state index >= 15 is 0 Å². The van der Waals surface area contributed by atoms with Gasteiger partial charge in [-0.1, -0.05) is 31.5 Å². The van der Waals surface area contributed by atoms with E-state index in [9.17, 15) is 14.4 Å². The lowest BCUT2D eigenvalue weighted by Crippen LogP contribution is -2.46. The van der Waals surface area contributed by atoms with Crippen LogP contribution >= 0.6 is 0 Å². The number of hydrogen-bond acceptors (Lipinski definition) is 5. The van der Waals surface area contributed by atoms with Crippen molar-refractivity contribution < 1.29 is 23.9 Å². The first-order chi connectivity index (χ1) is 15.8. The maximum absolute atomic E-state index is 13.1. The number of carbonyl (C=O) groups is 3. The second-order valence-electron chi connectivity index (χ2n) is 8.37. The number of rotatable bonds is 10. The molecule has 1 atom stereocenters. The van der Waals surface area contributed by atoms with Crippen molar-refractivity contribution in [3.8, 4) is 11.5 Å². The number of carbonyl (C=O) groups excluding carboxylic acids is 3. The summed E-state index contributed by atoms with van der Waals surface area (Å²) < 4.78 is 10.6. The van der Waals surface area contributed by atoms with Gasteiger partial charge in [-0.15, -0.1) is 0 Å². The summed E-state index contributed by atoms with van der Waals surface area (Å²) in [5.41, 5.74) is 1.45. The SMILES string of the molecule is CCCCc1ccc(NC(=O)CN2C(=O)N[C@](C)(Cc3ccc(OC)c(OC)c3)C2=O)cc1. The molecule has 0 aliphatic carbocycles. The Balaban J connectivity index is 1.63. The lowest BCUT2D eigenvalue weighted by molar-refractivity contribution is -0.133. The summed E-state index contributed by atoms with van der Waals surface area (Å²) in [7, 11) is 3.08. The predicted molar refractivity (Wildman–Crippen MR) is 126 cm³/mol. The third-order valence-corrected chi connectivity index (χ3v) is 5.71. The molecule has 1 saturated heterocycles. The Morgan fingerprint density at radius 3 is 2.33 bits per heavy atom. The Kier molecular flexibility index (Phi) is 7.58. The number of aryl methyl sites for hydroxylation is 1. The average Bonchev–Trinajstić information content (AvgIpc) is 3.01. The van der Waals surface area contributed by atoms with E-state index < -0.39 is 23.4 Å². The minimum atomic E-state index is -1.17. The van der Waals surface area contributed by atoms with Crippen LogP contribution in [0.5, 0.6) is 11.5 Å². The minimum absolute atomic E-state index is 0.245. The largest absolute Gasteiger partial charge is 0.493 e. The van der Waals surface area contributed by atoms with E-state index in [4.69, 9.17) is 9.47 Å². The van der Waals surface area contributed by atoms with Crippen LogP contribution in [0, 0.1) is 0 Å². The highest BCUT2D eigenvalue weighted by molar-refractivity contribution is 6.10. The monoisotopic (exact) mass is 453 g/mol. The van der Waals surface area contributed by atoms with E-state index in [-0.39, 0.29) is 13.0 Å². The van der Waals surface area contributed by atoms with Crippen molar-refractivity contribution in [1.29, 1.82) is 0 Å². The first-order valence-electron chi connectivity index (χ1n) is 11.0. The number of unbranched alkanes of at least 4 members (excludes halogenated alkanes) is 1. The second kappa shape index (κ2) is 10.4. The molecular weight excluding hydrogens is 422 g/mol. The fourth-order valence-electron chi connectivity index (χ4n) is 3.89. The summed E-state index contributed by atoms with van der Waals surface area (Å²) in [6.45, 7) is 3.43. The fourth-order valence-corrected chi connectivity index (χ4v) is 3.89. The predicted octanol–water partition coefficient (Wildman–Crippen LogP) is 3.54. The summed E-state index contributed by atoms with van der Waals surface area (Å²) in [6.07, 6.45) is 3.47. The molecule has 0 saturated carbocycles. The van der Waals surface area contributed by atoms with Gasteiger partial charge < -0.3 is 20.1 Å². The summed E-state index contributed by atoms with van der Waals surface area (Å²) in [5, 5.41) is 5.48. The fraction of sp³-hybridized carbons (Fsp3) is 0.400. The molecule has 2 aromatic carbocycles. The molecule has 0 aromatic heterocycles. The van der Waals surface area contributed by atoms with Gasteiger partial charge in [0.15, 0.2) is 11.5 Å². The van der Waals surface area contributed by atoms with Crippen LogP contribution in [-0.2, 0) is 22.4 Å². The molecule has 1 aliphatic rings. The van der Waals surface area contributed by atoms with Gasteiger partial charge in [-0.2, -0.15) is 0 Å². The Bertz CT molecular complexity index is 1020. The van der Waals surface area contributed by atoms with Gasteiger partial charge in [0.25, 0.3) is 5.91 Å². The van der Waals surface area contributed by atoms with Gasteiger partial charge in [-0.3, -0.25) is 14.5 Å². The molecule has 1 aliphatic heterocycles. The molecule has 33 heavy (non-hydrogen) atoms. The maximum Gasteiger partial charge on any atom is 0.325 e. The van der Waals surface area contributed by atoms with Crippen LogP contribution in [0.4, 0.5) is 10.5 Å². The van der Waals surface area contributed by atoms with Gasteiger partial charge in [0.1, 0.15) is 12.1 Å². The third kappa shape index (κ3) is 5.63. The topological polar surface area (TPSA) is 97.0 Å². The van der Waals surface area contributed by atoms with Crippen LogP contribution in [0.25, 0.3) is 0 Å². The Morgan fingerprint density at radius 2 is 1.70 bits per heavy atom. The summed E-state index contributed by atoms with van der Waals surface area (Å²) in [5.74, 6) is 0.222. The highest BCUT2D eigenvalue weighted by Gasteiger charge is 2.48. The van der Waals surface area contributed by atoms with E-state index in [1.807, 2.05) is 30.3 Å². The molecular formula is C25H31N3O5. The molecule has 8 nitrogen and oxygen atoms in total. The zero-order valence-corrected chi connectivity index (χ0v) is 19.6. The van der Waals surface area contributed by atoms with Gasteiger partial charge in [0.2, 0.25) is 5.91 Å². The normalized spacial score (nSPS) is 17.6. The van der Waals surface area contributed by atoms with Crippen LogP contribution in [0.15, 0.2) is 42.5 Å². The number of urea groups is 1. The standard InChI is InChI=1S/C25H31N3O5/c1-5-6-7-17-8-11-19(12-9-17)26-22(29)16-28-23(30)25(2,27-24(28)31)15-18-10-13-20(32-3)21(14-18)33-4/h8-14H,5-7,15-16H2,1-4H3,(H,26,29)(H,27,31)/t25-/m1/s1. The quantitative estimate of drug-likeness (QED) is 0.537. The molecule has 0 bridgehead atoms.